The number of nitrogens with zero attached hydrogens (tertiary/aromatic N) is 1. The average molecular weight is 154 g/mol. The normalized spacial score (nSPS) is 35.9. The Hall–Kier alpha value is -0.570. The Labute approximate surface area is 66.5 Å². The van der Waals surface area contributed by atoms with Crippen molar-refractivity contribution in [3.8, 4) is 0 Å². The number of carbonyl (C=O) groups is 1. The molecule has 2 N–H and O–H groups in total. The molecule has 1 heterocycles. The molecule has 62 valence electrons. The Morgan fingerprint density at radius 3 is 2.36 bits per heavy atom. The summed E-state index contributed by atoms with van der Waals surface area (Å²) >= 11 is 0. The predicted molar refractivity (Wildman–Crippen MR) is 41.9 cm³/mol. The number of hydrogen-bond acceptors (Lipinski definition) is 2. The lowest BCUT2D eigenvalue weighted by molar-refractivity contribution is -0.142. The predicted octanol–water partition coefficient (Wildman–Crippen LogP) is -0.0440. The highest BCUT2D eigenvalue weighted by Crippen LogP contribution is 2.28. The van der Waals surface area contributed by atoms with Crippen LogP contribution in [0.4, 0.5) is 0 Å². The standard InChI is InChI=1S/C8H14N2O/c9-7-4-6(5-7)8(11)10-2-1-3-10/h6-7H,1-5,9H2. The first-order chi connectivity index (χ1) is 5.27. The van der Waals surface area contributed by atoms with Crippen molar-refractivity contribution in [3.63, 3.8) is 0 Å². The third-order valence-corrected chi connectivity index (χ3v) is 2.69. The molecule has 3 nitrogen and oxygen atoms in total. The lowest BCUT2D eigenvalue weighted by atomic mass is 9.79. The quantitative estimate of drug-likeness (QED) is 0.576. The molecule has 0 aromatic heterocycles. The van der Waals surface area contributed by atoms with Gasteiger partial charge >= 0.3 is 0 Å². The fraction of sp³-hybridized carbons (Fsp3) is 0.875. The summed E-state index contributed by atoms with van der Waals surface area (Å²) in [6.45, 7) is 1.95. The molecule has 0 unspecified atom stereocenters. The first-order valence-electron chi connectivity index (χ1n) is 4.32. The molecule has 1 saturated carbocycles. The second kappa shape index (κ2) is 2.48. The fourth-order valence-electron chi connectivity index (χ4n) is 1.66. The van der Waals surface area contributed by atoms with Gasteiger partial charge in [0, 0.05) is 25.0 Å². The van der Waals surface area contributed by atoms with Gasteiger partial charge in [-0.3, -0.25) is 4.79 Å². The van der Waals surface area contributed by atoms with Crippen molar-refractivity contribution in [3.05, 3.63) is 0 Å². The van der Waals surface area contributed by atoms with E-state index in [9.17, 15) is 4.79 Å². The molecule has 2 fully saturated rings. The van der Waals surface area contributed by atoms with Crippen molar-refractivity contribution >= 4 is 5.91 Å². The van der Waals surface area contributed by atoms with E-state index < -0.39 is 0 Å². The molecule has 1 saturated heterocycles. The van der Waals surface area contributed by atoms with Crippen molar-refractivity contribution in [1.82, 2.24) is 4.90 Å². The molecule has 1 aliphatic heterocycles. The first kappa shape index (κ1) is 7.10. The Morgan fingerprint density at radius 1 is 1.36 bits per heavy atom. The molecular formula is C8H14N2O. The minimum Gasteiger partial charge on any atom is -0.342 e. The monoisotopic (exact) mass is 154 g/mol. The van der Waals surface area contributed by atoms with Gasteiger partial charge in [0.25, 0.3) is 0 Å². The zero-order valence-electron chi connectivity index (χ0n) is 6.62. The highest BCUT2D eigenvalue weighted by atomic mass is 16.2. The van der Waals surface area contributed by atoms with E-state index in [0.29, 0.717) is 11.9 Å². The number of hydrogen-bond donors (Lipinski definition) is 1. The van der Waals surface area contributed by atoms with Crippen LogP contribution in [-0.2, 0) is 4.79 Å². The first-order valence-corrected chi connectivity index (χ1v) is 4.32. The van der Waals surface area contributed by atoms with Crippen LogP contribution in [-0.4, -0.2) is 29.9 Å². The summed E-state index contributed by atoms with van der Waals surface area (Å²) in [6, 6.07) is 0.297. The van der Waals surface area contributed by atoms with E-state index in [1.54, 1.807) is 0 Å². The van der Waals surface area contributed by atoms with Gasteiger partial charge < -0.3 is 10.6 Å². The van der Waals surface area contributed by atoms with E-state index in [1.807, 2.05) is 4.90 Å². The second-order valence-corrected chi connectivity index (χ2v) is 3.61. The van der Waals surface area contributed by atoms with Crippen molar-refractivity contribution in [2.75, 3.05) is 13.1 Å². The van der Waals surface area contributed by atoms with E-state index in [4.69, 9.17) is 5.73 Å². The van der Waals surface area contributed by atoms with Crippen molar-refractivity contribution in [1.29, 1.82) is 0 Å². The van der Waals surface area contributed by atoms with Gasteiger partial charge in [-0.25, -0.2) is 0 Å². The third-order valence-electron chi connectivity index (χ3n) is 2.69. The molecule has 1 amide bonds. The minimum absolute atomic E-state index is 0.269. The highest BCUT2D eigenvalue weighted by molar-refractivity contribution is 5.80. The van der Waals surface area contributed by atoms with Crippen molar-refractivity contribution < 1.29 is 4.79 Å². The summed E-state index contributed by atoms with van der Waals surface area (Å²) in [6.07, 6.45) is 3.01. The molecular weight excluding hydrogens is 140 g/mol. The summed E-state index contributed by atoms with van der Waals surface area (Å²) in [7, 11) is 0. The summed E-state index contributed by atoms with van der Waals surface area (Å²) in [5.74, 6) is 0.614. The van der Waals surface area contributed by atoms with E-state index in [-0.39, 0.29) is 5.92 Å². The molecule has 0 aromatic rings. The van der Waals surface area contributed by atoms with Crippen LogP contribution in [0.2, 0.25) is 0 Å². The van der Waals surface area contributed by atoms with Crippen LogP contribution in [0.1, 0.15) is 19.3 Å². The van der Waals surface area contributed by atoms with Gasteiger partial charge in [0.1, 0.15) is 0 Å². The van der Waals surface area contributed by atoms with Crippen LogP contribution >= 0.6 is 0 Å². The van der Waals surface area contributed by atoms with Crippen LogP contribution in [0.5, 0.6) is 0 Å². The molecule has 1 aliphatic carbocycles. The maximum Gasteiger partial charge on any atom is 0.225 e. The largest absolute Gasteiger partial charge is 0.342 e. The summed E-state index contributed by atoms with van der Waals surface area (Å²) in [4.78, 5) is 13.4. The molecule has 0 aromatic carbocycles. The van der Waals surface area contributed by atoms with Crippen LogP contribution < -0.4 is 5.73 Å². The molecule has 0 radical (unpaired) electrons. The van der Waals surface area contributed by atoms with Crippen molar-refractivity contribution in [2.24, 2.45) is 11.7 Å². The summed E-state index contributed by atoms with van der Waals surface area (Å²) < 4.78 is 0. The minimum atomic E-state index is 0.269. The molecule has 2 aliphatic rings. The Bertz CT molecular complexity index is 171. The van der Waals surface area contributed by atoms with Crippen LogP contribution in [0.25, 0.3) is 0 Å². The topological polar surface area (TPSA) is 46.3 Å². The van der Waals surface area contributed by atoms with Crippen LogP contribution in [0.15, 0.2) is 0 Å². The van der Waals surface area contributed by atoms with Crippen molar-refractivity contribution in [2.45, 2.75) is 25.3 Å². The van der Waals surface area contributed by atoms with Gasteiger partial charge in [-0.05, 0) is 19.3 Å². The Kier molecular flexibility index (Phi) is 1.60. The lowest BCUT2D eigenvalue weighted by Gasteiger charge is -2.39. The van der Waals surface area contributed by atoms with E-state index >= 15 is 0 Å². The van der Waals surface area contributed by atoms with E-state index in [0.717, 1.165) is 25.9 Å². The average Bonchev–Trinajstić information content (AvgIpc) is 1.76. The number of likely N-dealkylation sites (tertiary alicyclic amines) is 1. The summed E-state index contributed by atoms with van der Waals surface area (Å²) in [5, 5.41) is 0. The number of carbonyl (C=O) groups excluding carboxylic acids is 1. The SMILES string of the molecule is NC1CC(C(=O)N2CCC2)C1. The number of rotatable bonds is 1. The Balaban J connectivity index is 1.81. The zero-order valence-corrected chi connectivity index (χ0v) is 6.62. The zero-order chi connectivity index (χ0) is 7.84. The lowest BCUT2D eigenvalue weighted by Crippen LogP contribution is -2.51. The van der Waals surface area contributed by atoms with E-state index in [1.165, 1.54) is 6.42 Å². The fourth-order valence-corrected chi connectivity index (χ4v) is 1.66. The third kappa shape index (κ3) is 1.13. The summed E-state index contributed by atoms with van der Waals surface area (Å²) in [5.41, 5.74) is 5.60. The molecule has 0 bridgehead atoms. The maximum absolute atomic E-state index is 11.4. The molecule has 0 spiro atoms. The molecule has 0 atom stereocenters. The van der Waals surface area contributed by atoms with Gasteiger partial charge in [0.05, 0.1) is 0 Å². The van der Waals surface area contributed by atoms with Gasteiger partial charge in [-0.1, -0.05) is 0 Å². The Morgan fingerprint density at radius 2 is 2.00 bits per heavy atom. The van der Waals surface area contributed by atoms with Gasteiger partial charge in [-0.2, -0.15) is 0 Å². The molecule has 3 heteroatoms. The molecule has 11 heavy (non-hydrogen) atoms. The number of amides is 1. The second-order valence-electron chi connectivity index (χ2n) is 3.61. The number of nitrogens with two attached hydrogens (primary N) is 1. The van der Waals surface area contributed by atoms with Crippen LogP contribution in [0.3, 0.4) is 0 Å². The highest BCUT2D eigenvalue weighted by Gasteiger charge is 2.36. The molecule has 2 rings (SSSR count). The van der Waals surface area contributed by atoms with Gasteiger partial charge in [0.15, 0.2) is 0 Å². The smallest absolute Gasteiger partial charge is 0.225 e. The van der Waals surface area contributed by atoms with Crippen LogP contribution in [0, 0.1) is 5.92 Å². The van der Waals surface area contributed by atoms with Gasteiger partial charge in [-0.15, -0.1) is 0 Å². The maximum atomic E-state index is 11.4. The van der Waals surface area contributed by atoms with Gasteiger partial charge in [0.2, 0.25) is 5.91 Å². The van der Waals surface area contributed by atoms with E-state index in [2.05, 4.69) is 0 Å².